The van der Waals surface area contributed by atoms with Crippen molar-refractivity contribution in [2.24, 2.45) is 0 Å². The van der Waals surface area contributed by atoms with Gasteiger partial charge in [-0.2, -0.15) is 0 Å². The van der Waals surface area contributed by atoms with Gasteiger partial charge in [0.15, 0.2) is 0 Å². The van der Waals surface area contributed by atoms with Gasteiger partial charge < -0.3 is 10.0 Å². The van der Waals surface area contributed by atoms with Crippen LogP contribution in [-0.2, 0) is 4.76 Å². The van der Waals surface area contributed by atoms with E-state index in [2.05, 4.69) is 10.2 Å². The number of anilines is 1. The molecular formula is C6H8BNO3. The van der Waals surface area contributed by atoms with Gasteiger partial charge in [-0.3, -0.25) is 10.2 Å². The molecule has 0 radical (unpaired) electrons. The molecule has 11 heavy (non-hydrogen) atoms. The highest BCUT2D eigenvalue weighted by atomic mass is 16.7. The van der Waals surface area contributed by atoms with Crippen LogP contribution in [0.15, 0.2) is 30.3 Å². The fraction of sp³-hybridized carbons (Fsp3) is 0. The molecule has 1 aromatic carbocycles. The quantitative estimate of drug-likeness (QED) is 0.422. The Bertz CT molecular complexity index is 204. The van der Waals surface area contributed by atoms with Crippen molar-refractivity contribution >= 4 is 13.0 Å². The van der Waals surface area contributed by atoms with Crippen molar-refractivity contribution in [1.29, 1.82) is 0 Å². The van der Waals surface area contributed by atoms with Crippen molar-refractivity contribution in [2.75, 3.05) is 5.48 Å². The molecule has 0 bridgehead atoms. The Morgan fingerprint density at radius 1 is 1.18 bits per heavy atom. The van der Waals surface area contributed by atoms with E-state index in [4.69, 9.17) is 10.0 Å². The molecule has 0 aromatic heterocycles. The summed E-state index contributed by atoms with van der Waals surface area (Å²) >= 11 is 0. The van der Waals surface area contributed by atoms with Crippen LogP contribution in [0.5, 0.6) is 0 Å². The van der Waals surface area contributed by atoms with Crippen molar-refractivity contribution in [2.45, 2.75) is 0 Å². The van der Waals surface area contributed by atoms with Crippen LogP contribution in [0.25, 0.3) is 0 Å². The van der Waals surface area contributed by atoms with Crippen molar-refractivity contribution in [3.8, 4) is 0 Å². The molecule has 0 saturated heterocycles. The number of hydrogen-bond donors (Lipinski definition) is 3. The van der Waals surface area contributed by atoms with Crippen molar-refractivity contribution in [3.63, 3.8) is 0 Å². The summed E-state index contributed by atoms with van der Waals surface area (Å²) < 4.78 is 4.29. The average Bonchev–Trinajstić information content (AvgIpc) is 2.03. The van der Waals surface area contributed by atoms with E-state index in [0.29, 0.717) is 5.69 Å². The van der Waals surface area contributed by atoms with E-state index < -0.39 is 7.32 Å². The van der Waals surface area contributed by atoms with Gasteiger partial charge >= 0.3 is 7.32 Å². The predicted molar refractivity (Wildman–Crippen MR) is 41.3 cm³/mol. The van der Waals surface area contributed by atoms with Gasteiger partial charge in [0.25, 0.3) is 0 Å². The summed E-state index contributed by atoms with van der Waals surface area (Å²) in [5.74, 6) is 0. The topological polar surface area (TPSA) is 61.7 Å². The summed E-state index contributed by atoms with van der Waals surface area (Å²) in [6.45, 7) is 0. The molecule has 0 atom stereocenters. The molecule has 58 valence electrons. The predicted octanol–water partition coefficient (Wildman–Crippen LogP) is -0.000400. The highest BCUT2D eigenvalue weighted by Gasteiger charge is 2.07. The van der Waals surface area contributed by atoms with Gasteiger partial charge in [0.2, 0.25) is 0 Å². The molecular weight excluding hydrogens is 145 g/mol. The minimum atomic E-state index is -1.80. The lowest BCUT2D eigenvalue weighted by Crippen LogP contribution is -2.20. The molecule has 0 aliphatic rings. The van der Waals surface area contributed by atoms with Gasteiger partial charge in [0.1, 0.15) is 0 Å². The second-order valence-corrected chi connectivity index (χ2v) is 1.91. The van der Waals surface area contributed by atoms with Crippen LogP contribution in [0, 0.1) is 0 Å². The Hall–Kier alpha value is -1.04. The maximum absolute atomic E-state index is 8.28. The first-order valence-electron chi connectivity index (χ1n) is 3.12. The van der Waals surface area contributed by atoms with E-state index in [-0.39, 0.29) is 0 Å². The molecule has 1 rings (SSSR count). The molecule has 0 saturated carbocycles. The van der Waals surface area contributed by atoms with Gasteiger partial charge in [0, 0.05) is 0 Å². The molecule has 5 heteroatoms. The maximum atomic E-state index is 8.28. The molecule has 0 amide bonds. The molecule has 0 aliphatic heterocycles. The van der Waals surface area contributed by atoms with Crippen molar-refractivity contribution in [3.05, 3.63) is 30.3 Å². The summed E-state index contributed by atoms with van der Waals surface area (Å²) in [6, 6.07) is 8.93. The number of benzene rings is 1. The number of hydrogen-bond acceptors (Lipinski definition) is 4. The van der Waals surface area contributed by atoms with Crippen LogP contribution >= 0.6 is 0 Å². The lowest BCUT2D eigenvalue weighted by molar-refractivity contribution is 0.226. The second kappa shape index (κ2) is 3.97. The van der Waals surface area contributed by atoms with E-state index in [0.717, 1.165) is 0 Å². The first kappa shape index (κ1) is 8.07. The zero-order chi connectivity index (χ0) is 8.10. The van der Waals surface area contributed by atoms with E-state index in [1.807, 2.05) is 6.07 Å². The van der Waals surface area contributed by atoms with Crippen LogP contribution in [0.3, 0.4) is 0 Å². The first-order chi connectivity index (χ1) is 5.29. The minimum Gasteiger partial charge on any atom is -0.400 e. The fourth-order valence-electron chi connectivity index (χ4n) is 0.627. The van der Waals surface area contributed by atoms with E-state index in [9.17, 15) is 0 Å². The van der Waals surface area contributed by atoms with E-state index in [1.54, 1.807) is 24.3 Å². The molecule has 1 aromatic rings. The van der Waals surface area contributed by atoms with E-state index >= 15 is 0 Å². The van der Waals surface area contributed by atoms with Gasteiger partial charge in [-0.25, -0.2) is 0 Å². The molecule has 3 N–H and O–H groups in total. The molecule has 0 heterocycles. The zero-order valence-electron chi connectivity index (χ0n) is 5.77. The van der Waals surface area contributed by atoms with Crippen molar-refractivity contribution < 1.29 is 14.8 Å². The Labute approximate surface area is 64.6 Å². The third-order valence-electron chi connectivity index (χ3n) is 1.06. The Morgan fingerprint density at radius 2 is 1.82 bits per heavy atom. The smallest absolute Gasteiger partial charge is 0.400 e. The van der Waals surface area contributed by atoms with Crippen molar-refractivity contribution in [1.82, 2.24) is 0 Å². The zero-order valence-corrected chi connectivity index (χ0v) is 5.77. The van der Waals surface area contributed by atoms with Crippen LogP contribution in [0.2, 0.25) is 0 Å². The third-order valence-corrected chi connectivity index (χ3v) is 1.06. The van der Waals surface area contributed by atoms with Gasteiger partial charge in [-0.1, -0.05) is 18.2 Å². The Morgan fingerprint density at radius 3 is 2.36 bits per heavy atom. The molecule has 0 fully saturated rings. The Kier molecular flexibility index (Phi) is 2.91. The average molecular weight is 153 g/mol. The second-order valence-electron chi connectivity index (χ2n) is 1.91. The summed E-state index contributed by atoms with van der Waals surface area (Å²) in [5, 5.41) is 16.6. The van der Waals surface area contributed by atoms with Gasteiger partial charge in [-0.15, -0.1) is 0 Å². The summed E-state index contributed by atoms with van der Waals surface area (Å²) in [7, 11) is -1.80. The lowest BCUT2D eigenvalue weighted by Gasteiger charge is -2.04. The number of nitrogens with one attached hydrogen (secondary N) is 1. The SMILES string of the molecule is OB(O)ONc1ccccc1. The highest BCUT2D eigenvalue weighted by Crippen LogP contribution is 2.03. The fourth-order valence-corrected chi connectivity index (χ4v) is 0.627. The molecule has 0 spiro atoms. The van der Waals surface area contributed by atoms with Crippen LogP contribution in [0.4, 0.5) is 5.69 Å². The normalized spacial score (nSPS) is 9.27. The highest BCUT2D eigenvalue weighted by molar-refractivity contribution is 6.32. The number of rotatable bonds is 3. The molecule has 4 nitrogen and oxygen atoms in total. The first-order valence-corrected chi connectivity index (χ1v) is 3.12. The van der Waals surface area contributed by atoms with Crippen LogP contribution < -0.4 is 5.48 Å². The molecule has 0 aliphatic carbocycles. The van der Waals surface area contributed by atoms with E-state index in [1.165, 1.54) is 0 Å². The molecule has 0 unspecified atom stereocenters. The lowest BCUT2D eigenvalue weighted by atomic mass is 10.3. The minimum absolute atomic E-state index is 0.667. The third kappa shape index (κ3) is 3.04. The summed E-state index contributed by atoms with van der Waals surface area (Å²) in [6.07, 6.45) is 0. The van der Waals surface area contributed by atoms with Gasteiger partial charge in [-0.05, 0) is 12.1 Å². The largest absolute Gasteiger partial charge is 0.656 e. The Balaban J connectivity index is 2.39. The van der Waals surface area contributed by atoms with Crippen LogP contribution in [0.1, 0.15) is 0 Å². The summed E-state index contributed by atoms with van der Waals surface area (Å²) in [5.41, 5.74) is 3.01. The maximum Gasteiger partial charge on any atom is 0.656 e. The monoisotopic (exact) mass is 153 g/mol. The van der Waals surface area contributed by atoms with Gasteiger partial charge in [0.05, 0.1) is 5.69 Å². The number of para-hydroxylation sites is 1. The van der Waals surface area contributed by atoms with Crippen LogP contribution in [-0.4, -0.2) is 17.4 Å². The summed E-state index contributed by atoms with van der Waals surface area (Å²) in [4.78, 5) is 0. The standard InChI is InChI=1S/C6H8BNO3/c9-7(10)11-8-6-4-2-1-3-5-6/h1-5,8-10H.